The largest absolute Gasteiger partial charge is 0.453 e. The minimum atomic E-state index is -0.802. The second-order valence-corrected chi connectivity index (χ2v) is 9.52. The van der Waals surface area contributed by atoms with Gasteiger partial charge in [-0.25, -0.2) is 18.6 Å². The van der Waals surface area contributed by atoms with Crippen molar-refractivity contribution in [1.29, 1.82) is 0 Å². The van der Waals surface area contributed by atoms with Crippen molar-refractivity contribution < 1.29 is 27.8 Å². The Labute approximate surface area is 213 Å². The molecule has 9 nitrogen and oxygen atoms in total. The summed E-state index contributed by atoms with van der Waals surface area (Å²) in [5, 5.41) is 0. The molecule has 196 valence electrons. The molecule has 3 aromatic rings. The molecular weight excluding hydrogens is 484 g/mol. The van der Waals surface area contributed by atoms with Gasteiger partial charge in [-0.3, -0.25) is 9.69 Å². The maximum absolute atomic E-state index is 15.6. The molecule has 2 fully saturated rings. The fourth-order valence-electron chi connectivity index (χ4n) is 4.95. The number of hydrogen-bond acceptors (Lipinski definition) is 6. The van der Waals surface area contributed by atoms with Gasteiger partial charge in [0.05, 0.1) is 49.9 Å². The monoisotopic (exact) mass is 513 g/mol. The van der Waals surface area contributed by atoms with E-state index in [1.165, 1.54) is 24.1 Å². The van der Waals surface area contributed by atoms with Gasteiger partial charge < -0.3 is 23.7 Å². The molecule has 2 aliphatic heterocycles. The van der Waals surface area contributed by atoms with E-state index in [9.17, 15) is 9.59 Å². The zero-order valence-corrected chi connectivity index (χ0v) is 21.0. The van der Waals surface area contributed by atoms with E-state index in [0.717, 1.165) is 5.56 Å². The predicted octanol–water partition coefficient (Wildman–Crippen LogP) is 2.88. The van der Waals surface area contributed by atoms with Gasteiger partial charge in [0.25, 0.3) is 0 Å². The number of morpholine rings is 1. The third kappa shape index (κ3) is 4.88. The molecule has 2 aliphatic rings. The molecular formula is C26H29F2N5O4. The summed E-state index contributed by atoms with van der Waals surface area (Å²) in [6, 6.07) is 6.11. The minimum Gasteiger partial charge on any atom is -0.453 e. The number of aryl methyl sites for hydroxylation is 1. The van der Waals surface area contributed by atoms with Crippen molar-refractivity contribution in [3.8, 4) is 11.3 Å². The zero-order chi connectivity index (χ0) is 26.3. The normalized spacial score (nSPS) is 19.1. The summed E-state index contributed by atoms with van der Waals surface area (Å²) in [6.07, 6.45) is 1.21. The molecule has 11 heteroatoms. The number of hydrogen-bond donors (Lipinski definition) is 0. The Hall–Kier alpha value is -3.57. The fourth-order valence-corrected chi connectivity index (χ4v) is 4.95. The van der Waals surface area contributed by atoms with E-state index in [4.69, 9.17) is 9.47 Å². The summed E-state index contributed by atoms with van der Waals surface area (Å²) in [7, 11) is 3.15. The highest BCUT2D eigenvalue weighted by molar-refractivity contribution is 5.95. The number of nitrogens with zero attached hydrogens (tertiary/aromatic N) is 5. The van der Waals surface area contributed by atoms with Gasteiger partial charge >= 0.3 is 6.09 Å². The first-order valence-corrected chi connectivity index (χ1v) is 12.2. The van der Waals surface area contributed by atoms with Gasteiger partial charge in [0.1, 0.15) is 17.3 Å². The quantitative estimate of drug-likeness (QED) is 0.534. The Morgan fingerprint density at radius 1 is 1.19 bits per heavy atom. The van der Waals surface area contributed by atoms with E-state index in [2.05, 4.69) is 4.98 Å². The molecule has 2 saturated heterocycles. The summed E-state index contributed by atoms with van der Waals surface area (Å²) in [4.78, 5) is 33.9. The van der Waals surface area contributed by atoms with Crippen molar-refractivity contribution >= 4 is 23.3 Å². The van der Waals surface area contributed by atoms with Gasteiger partial charge in [0.15, 0.2) is 0 Å². The number of methoxy groups -OCH3 is 1. The van der Waals surface area contributed by atoms with Crippen LogP contribution >= 0.6 is 0 Å². The Morgan fingerprint density at radius 2 is 1.95 bits per heavy atom. The molecule has 5 rings (SSSR count). The van der Waals surface area contributed by atoms with Gasteiger partial charge in [0.2, 0.25) is 5.91 Å². The number of carbonyl (C=O) groups excluding carboxylic acids is 2. The molecule has 1 aromatic carbocycles. The lowest BCUT2D eigenvalue weighted by molar-refractivity contribution is -0.120. The maximum atomic E-state index is 15.6. The Bertz CT molecular complexity index is 1340. The minimum absolute atomic E-state index is 0.163. The van der Waals surface area contributed by atoms with Crippen LogP contribution in [0.15, 0.2) is 30.5 Å². The summed E-state index contributed by atoms with van der Waals surface area (Å²) < 4.78 is 43.7. The fraction of sp³-hybridized carbons (Fsp3) is 0.423. The molecule has 37 heavy (non-hydrogen) atoms. The predicted molar refractivity (Wildman–Crippen MR) is 133 cm³/mol. The molecule has 2 aromatic heterocycles. The van der Waals surface area contributed by atoms with Crippen LogP contribution in [0.1, 0.15) is 11.3 Å². The highest BCUT2D eigenvalue weighted by atomic mass is 19.1. The van der Waals surface area contributed by atoms with Crippen LogP contribution in [0.25, 0.3) is 16.9 Å². The van der Waals surface area contributed by atoms with Crippen LogP contribution in [0.2, 0.25) is 0 Å². The number of halogens is 2. The topological polar surface area (TPSA) is 79.6 Å². The first-order chi connectivity index (χ1) is 17.7. The van der Waals surface area contributed by atoms with E-state index in [1.807, 2.05) is 37.2 Å². The summed E-state index contributed by atoms with van der Waals surface area (Å²) in [6.45, 7) is 4.05. The van der Waals surface area contributed by atoms with Crippen LogP contribution in [0.5, 0.6) is 0 Å². The van der Waals surface area contributed by atoms with Gasteiger partial charge in [-0.2, -0.15) is 0 Å². The number of fused-ring (bicyclic) bond motifs is 1. The van der Waals surface area contributed by atoms with E-state index in [1.54, 1.807) is 9.30 Å². The number of aromatic nitrogens is 2. The Kier molecular flexibility index (Phi) is 6.82. The smallest absolute Gasteiger partial charge is 0.409 e. The van der Waals surface area contributed by atoms with E-state index >= 15 is 8.78 Å². The molecule has 0 aliphatic carbocycles. The number of ether oxygens (including phenoxy) is 2. The molecule has 4 heterocycles. The summed E-state index contributed by atoms with van der Waals surface area (Å²) in [5.41, 5.74) is 2.14. The number of benzene rings is 1. The molecule has 0 N–H and O–H groups in total. The lowest BCUT2D eigenvalue weighted by Crippen LogP contribution is -2.49. The van der Waals surface area contributed by atoms with E-state index in [-0.39, 0.29) is 42.4 Å². The van der Waals surface area contributed by atoms with Crippen LogP contribution in [0.3, 0.4) is 0 Å². The van der Waals surface area contributed by atoms with Gasteiger partial charge in [-0.15, -0.1) is 0 Å². The molecule has 0 bridgehead atoms. The maximum Gasteiger partial charge on any atom is 0.409 e. The number of piperazine rings is 1. The number of amides is 2. The van der Waals surface area contributed by atoms with E-state index in [0.29, 0.717) is 37.6 Å². The van der Waals surface area contributed by atoms with Gasteiger partial charge in [-0.1, -0.05) is 0 Å². The first-order valence-electron chi connectivity index (χ1n) is 12.2. The van der Waals surface area contributed by atoms with Crippen LogP contribution < -0.4 is 4.90 Å². The molecule has 0 spiro atoms. The van der Waals surface area contributed by atoms with Crippen molar-refractivity contribution in [2.45, 2.75) is 19.4 Å². The van der Waals surface area contributed by atoms with Gasteiger partial charge in [0, 0.05) is 37.9 Å². The number of likely N-dealkylation sites (N-methyl/N-ethyl adjacent to an activating group) is 1. The van der Waals surface area contributed by atoms with Crippen molar-refractivity contribution in [3.05, 3.63) is 53.4 Å². The van der Waals surface area contributed by atoms with Crippen molar-refractivity contribution in [1.82, 2.24) is 19.2 Å². The number of carbonyl (C=O) groups is 2. The Morgan fingerprint density at radius 3 is 2.65 bits per heavy atom. The zero-order valence-electron chi connectivity index (χ0n) is 21.0. The van der Waals surface area contributed by atoms with Crippen molar-refractivity contribution in [2.75, 3.05) is 58.4 Å². The van der Waals surface area contributed by atoms with E-state index < -0.39 is 23.8 Å². The number of anilines is 1. The molecule has 0 unspecified atom stereocenters. The molecule has 2 amide bonds. The van der Waals surface area contributed by atoms with Crippen molar-refractivity contribution in [2.24, 2.45) is 0 Å². The third-order valence-electron chi connectivity index (χ3n) is 6.86. The second-order valence-electron chi connectivity index (χ2n) is 9.52. The summed E-state index contributed by atoms with van der Waals surface area (Å²) in [5.74, 6) is -1.82. The third-order valence-corrected chi connectivity index (χ3v) is 6.86. The average Bonchev–Trinajstić information content (AvgIpc) is 3.19. The highest BCUT2D eigenvalue weighted by Gasteiger charge is 2.30. The molecule has 0 radical (unpaired) electrons. The number of imidazole rings is 1. The van der Waals surface area contributed by atoms with Crippen LogP contribution in [0.4, 0.5) is 19.3 Å². The molecule has 0 saturated carbocycles. The van der Waals surface area contributed by atoms with Crippen LogP contribution in [-0.2, 0) is 20.7 Å². The first kappa shape index (κ1) is 25.1. The number of rotatable bonds is 4. The standard InChI is InChI=1S/C26H29F2N5O4/c1-16-4-5-33-21(13-18-14-31(8-9-37-18)26(35)36-3)25(29-22(33)10-16)24-19(27)11-17(12-20(24)28)32-7-6-30(2)15-23(32)34/h4-5,10-12,18H,6-9,13-15H2,1-3H3/t18-/m0/s1. The van der Waals surface area contributed by atoms with Crippen LogP contribution in [-0.4, -0.2) is 90.8 Å². The van der Waals surface area contributed by atoms with Crippen LogP contribution in [0, 0.1) is 18.6 Å². The second kappa shape index (κ2) is 10.1. The number of pyridine rings is 1. The SMILES string of the molecule is COC(=O)N1CCO[C@@H](Cc2c(-c3c(F)cc(N4CCN(C)CC4=O)cc3F)nc3cc(C)ccn23)C1. The van der Waals surface area contributed by atoms with Crippen molar-refractivity contribution in [3.63, 3.8) is 0 Å². The Balaban J connectivity index is 1.54. The summed E-state index contributed by atoms with van der Waals surface area (Å²) >= 11 is 0. The molecule has 1 atom stereocenters. The lowest BCUT2D eigenvalue weighted by Gasteiger charge is -2.32. The van der Waals surface area contributed by atoms with Gasteiger partial charge in [-0.05, 0) is 43.8 Å². The lowest BCUT2D eigenvalue weighted by atomic mass is 10.0. The average molecular weight is 514 g/mol. The highest BCUT2D eigenvalue weighted by Crippen LogP contribution is 2.34.